The molecule has 0 aliphatic heterocycles. The molecular weight excluding hydrogens is 186 g/mol. The Hall–Kier alpha value is -0.830. The van der Waals surface area contributed by atoms with Gasteiger partial charge in [0.2, 0.25) is 0 Å². The van der Waals surface area contributed by atoms with Crippen molar-refractivity contribution >= 4 is 0 Å². The lowest BCUT2D eigenvalue weighted by molar-refractivity contribution is 0.168. The van der Waals surface area contributed by atoms with Crippen LogP contribution in [0.15, 0.2) is 12.4 Å². The summed E-state index contributed by atoms with van der Waals surface area (Å²) in [5.41, 5.74) is 6.36. The van der Waals surface area contributed by atoms with Crippen molar-refractivity contribution in [2.75, 3.05) is 0 Å². The Morgan fingerprint density at radius 1 is 1.60 bits per heavy atom. The molecule has 3 N–H and O–H groups in total. The first-order valence-electron chi connectivity index (χ1n) is 6.06. The minimum Gasteiger partial charge on any atom is -0.347 e. The van der Waals surface area contributed by atoms with Crippen LogP contribution < -0.4 is 5.73 Å². The molecule has 1 aromatic heterocycles. The zero-order chi connectivity index (χ0) is 10.7. The van der Waals surface area contributed by atoms with E-state index in [4.69, 9.17) is 5.73 Å². The summed E-state index contributed by atoms with van der Waals surface area (Å²) in [6.45, 7) is 2.23. The molecule has 2 rings (SSSR count). The quantitative estimate of drug-likeness (QED) is 0.800. The molecule has 1 aromatic rings. The molecule has 0 aromatic carbocycles. The zero-order valence-corrected chi connectivity index (χ0v) is 9.50. The largest absolute Gasteiger partial charge is 0.347 e. The van der Waals surface area contributed by atoms with Gasteiger partial charge in [-0.2, -0.15) is 0 Å². The Morgan fingerprint density at radius 3 is 3.13 bits per heavy atom. The van der Waals surface area contributed by atoms with Crippen molar-refractivity contribution in [2.24, 2.45) is 11.7 Å². The monoisotopic (exact) mass is 207 g/mol. The third-order valence-electron chi connectivity index (χ3n) is 3.70. The molecule has 0 spiro atoms. The molecule has 1 aliphatic rings. The van der Waals surface area contributed by atoms with Gasteiger partial charge in [-0.3, -0.25) is 0 Å². The van der Waals surface area contributed by atoms with E-state index in [1.807, 2.05) is 12.4 Å². The molecule has 1 saturated carbocycles. The van der Waals surface area contributed by atoms with Gasteiger partial charge in [-0.15, -0.1) is 0 Å². The summed E-state index contributed by atoms with van der Waals surface area (Å²) < 4.78 is 0. The molecule has 1 fully saturated rings. The third kappa shape index (κ3) is 1.93. The highest BCUT2D eigenvalue weighted by Gasteiger charge is 2.39. The van der Waals surface area contributed by atoms with Crippen LogP contribution in [0.3, 0.4) is 0 Å². The molecule has 3 nitrogen and oxygen atoms in total. The maximum absolute atomic E-state index is 6.56. The Bertz CT molecular complexity index is 292. The van der Waals surface area contributed by atoms with E-state index in [2.05, 4.69) is 16.9 Å². The van der Waals surface area contributed by atoms with Crippen molar-refractivity contribution in [3.63, 3.8) is 0 Å². The molecule has 2 atom stereocenters. The molecule has 0 saturated heterocycles. The van der Waals surface area contributed by atoms with Gasteiger partial charge in [0, 0.05) is 12.4 Å². The number of nitrogens with one attached hydrogen (secondary N) is 1. The summed E-state index contributed by atoms with van der Waals surface area (Å²) in [6.07, 6.45) is 11.0. The van der Waals surface area contributed by atoms with Gasteiger partial charge in [0.15, 0.2) is 0 Å². The standard InChI is InChI=1S/C12H21N3/c1-2-5-10-6-3-4-7-12(10,13)11-14-8-9-15-11/h8-10H,2-7,13H2,1H3,(H,14,15). The number of nitrogens with zero attached hydrogens (tertiary/aromatic N) is 1. The van der Waals surface area contributed by atoms with Crippen LogP contribution in [0.25, 0.3) is 0 Å². The molecule has 15 heavy (non-hydrogen) atoms. The van der Waals surface area contributed by atoms with Crippen LogP contribution in [-0.4, -0.2) is 9.97 Å². The number of aromatic amines is 1. The Kier molecular flexibility index (Phi) is 3.10. The SMILES string of the molecule is CCCC1CCCCC1(N)c1ncc[nH]1. The molecule has 2 unspecified atom stereocenters. The van der Waals surface area contributed by atoms with E-state index in [1.165, 1.54) is 32.1 Å². The van der Waals surface area contributed by atoms with Crippen LogP contribution in [0, 0.1) is 5.92 Å². The second kappa shape index (κ2) is 4.35. The number of rotatable bonds is 3. The summed E-state index contributed by atoms with van der Waals surface area (Å²) >= 11 is 0. The fraction of sp³-hybridized carbons (Fsp3) is 0.750. The lowest BCUT2D eigenvalue weighted by atomic mass is 9.71. The van der Waals surface area contributed by atoms with Crippen LogP contribution >= 0.6 is 0 Å². The first kappa shape index (κ1) is 10.7. The van der Waals surface area contributed by atoms with E-state index in [0.717, 1.165) is 12.2 Å². The van der Waals surface area contributed by atoms with Crippen molar-refractivity contribution in [2.45, 2.75) is 51.0 Å². The van der Waals surface area contributed by atoms with Gasteiger partial charge in [-0.1, -0.05) is 26.2 Å². The Balaban J connectivity index is 2.21. The van der Waals surface area contributed by atoms with Crippen molar-refractivity contribution in [3.05, 3.63) is 18.2 Å². The second-order valence-electron chi connectivity index (χ2n) is 4.71. The fourth-order valence-corrected chi connectivity index (χ4v) is 2.85. The van der Waals surface area contributed by atoms with E-state index < -0.39 is 0 Å². The number of aromatic nitrogens is 2. The lowest BCUT2D eigenvalue weighted by Crippen LogP contribution is -2.47. The summed E-state index contributed by atoms with van der Waals surface area (Å²) in [5, 5.41) is 0. The van der Waals surface area contributed by atoms with Crippen LogP contribution in [0.5, 0.6) is 0 Å². The number of hydrogen-bond acceptors (Lipinski definition) is 2. The minimum absolute atomic E-state index is 0.197. The topological polar surface area (TPSA) is 54.7 Å². The van der Waals surface area contributed by atoms with Gasteiger partial charge in [-0.25, -0.2) is 4.98 Å². The number of nitrogens with two attached hydrogens (primary N) is 1. The van der Waals surface area contributed by atoms with E-state index in [1.54, 1.807) is 0 Å². The molecule has 84 valence electrons. The van der Waals surface area contributed by atoms with Crippen molar-refractivity contribution < 1.29 is 0 Å². The van der Waals surface area contributed by atoms with Gasteiger partial charge in [0.25, 0.3) is 0 Å². The van der Waals surface area contributed by atoms with Gasteiger partial charge < -0.3 is 10.7 Å². The molecule has 0 amide bonds. The number of H-pyrrole nitrogens is 1. The normalized spacial score (nSPS) is 31.7. The van der Waals surface area contributed by atoms with E-state index in [9.17, 15) is 0 Å². The highest BCUT2D eigenvalue weighted by molar-refractivity contribution is 5.09. The first-order chi connectivity index (χ1) is 7.27. The van der Waals surface area contributed by atoms with Crippen molar-refractivity contribution in [1.29, 1.82) is 0 Å². The van der Waals surface area contributed by atoms with Gasteiger partial charge in [0.1, 0.15) is 5.82 Å². The maximum Gasteiger partial charge on any atom is 0.126 e. The average molecular weight is 207 g/mol. The molecular formula is C12H21N3. The van der Waals surface area contributed by atoms with Crippen molar-refractivity contribution in [1.82, 2.24) is 9.97 Å². The molecule has 1 heterocycles. The first-order valence-corrected chi connectivity index (χ1v) is 6.06. The Morgan fingerprint density at radius 2 is 2.47 bits per heavy atom. The number of imidazole rings is 1. The minimum atomic E-state index is -0.197. The zero-order valence-electron chi connectivity index (χ0n) is 9.50. The fourth-order valence-electron chi connectivity index (χ4n) is 2.85. The van der Waals surface area contributed by atoms with Crippen LogP contribution in [-0.2, 0) is 5.54 Å². The van der Waals surface area contributed by atoms with Gasteiger partial charge in [-0.05, 0) is 25.2 Å². The molecule has 1 aliphatic carbocycles. The molecule has 3 heteroatoms. The van der Waals surface area contributed by atoms with E-state index in [0.29, 0.717) is 5.92 Å². The molecule has 0 bridgehead atoms. The number of hydrogen-bond donors (Lipinski definition) is 2. The highest BCUT2D eigenvalue weighted by atomic mass is 15.0. The Labute approximate surface area is 91.5 Å². The molecule has 0 radical (unpaired) electrons. The summed E-state index contributed by atoms with van der Waals surface area (Å²) in [4.78, 5) is 7.56. The van der Waals surface area contributed by atoms with E-state index >= 15 is 0 Å². The third-order valence-corrected chi connectivity index (χ3v) is 3.70. The maximum atomic E-state index is 6.56. The summed E-state index contributed by atoms with van der Waals surface area (Å²) in [6, 6.07) is 0. The van der Waals surface area contributed by atoms with Crippen LogP contribution in [0.4, 0.5) is 0 Å². The van der Waals surface area contributed by atoms with E-state index in [-0.39, 0.29) is 5.54 Å². The summed E-state index contributed by atoms with van der Waals surface area (Å²) in [5.74, 6) is 1.59. The summed E-state index contributed by atoms with van der Waals surface area (Å²) in [7, 11) is 0. The predicted octanol–water partition coefficient (Wildman–Crippen LogP) is 2.55. The van der Waals surface area contributed by atoms with Gasteiger partial charge in [0.05, 0.1) is 5.54 Å². The van der Waals surface area contributed by atoms with Gasteiger partial charge >= 0.3 is 0 Å². The predicted molar refractivity (Wildman–Crippen MR) is 61.3 cm³/mol. The van der Waals surface area contributed by atoms with Crippen molar-refractivity contribution in [3.8, 4) is 0 Å². The van der Waals surface area contributed by atoms with Crippen LogP contribution in [0.1, 0.15) is 51.3 Å². The smallest absolute Gasteiger partial charge is 0.126 e. The highest BCUT2D eigenvalue weighted by Crippen LogP contribution is 2.40. The van der Waals surface area contributed by atoms with Crippen LogP contribution in [0.2, 0.25) is 0 Å². The second-order valence-corrected chi connectivity index (χ2v) is 4.71. The lowest BCUT2D eigenvalue weighted by Gasteiger charge is -2.39. The average Bonchev–Trinajstić information content (AvgIpc) is 2.75.